The van der Waals surface area contributed by atoms with Crippen LogP contribution in [0.4, 0.5) is 0 Å². The van der Waals surface area contributed by atoms with E-state index in [0.29, 0.717) is 34.7 Å². The highest BCUT2D eigenvalue weighted by atomic mass is 79.9. The van der Waals surface area contributed by atoms with E-state index in [0.717, 1.165) is 19.3 Å². The average molecular weight is 424 g/mol. The van der Waals surface area contributed by atoms with E-state index in [1.165, 1.54) is 0 Å². The van der Waals surface area contributed by atoms with Crippen LogP contribution in [0.15, 0.2) is 16.6 Å². The van der Waals surface area contributed by atoms with Gasteiger partial charge in [-0.3, -0.25) is 4.79 Å². The molecule has 1 amide bonds. The van der Waals surface area contributed by atoms with Crippen LogP contribution >= 0.6 is 28.3 Å². The van der Waals surface area contributed by atoms with Crippen LogP contribution in [0.3, 0.4) is 0 Å². The summed E-state index contributed by atoms with van der Waals surface area (Å²) in [6.07, 6.45) is 2.45. The third kappa shape index (κ3) is 5.53. The van der Waals surface area contributed by atoms with Crippen LogP contribution in [-0.2, 0) is 0 Å². The van der Waals surface area contributed by atoms with E-state index in [-0.39, 0.29) is 23.9 Å². The zero-order valence-electron chi connectivity index (χ0n) is 14.8. The Hall–Kier alpha value is -0.980. The Morgan fingerprint density at radius 1 is 1.29 bits per heavy atom. The molecular weight excluding hydrogens is 396 g/mol. The predicted octanol–water partition coefficient (Wildman–Crippen LogP) is 3.92. The van der Waals surface area contributed by atoms with Crippen molar-refractivity contribution in [2.24, 2.45) is 5.73 Å². The predicted molar refractivity (Wildman–Crippen MR) is 104 cm³/mol. The highest BCUT2D eigenvalue weighted by Crippen LogP contribution is 2.37. The molecule has 5 nitrogen and oxygen atoms in total. The van der Waals surface area contributed by atoms with E-state index in [4.69, 9.17) is 15.2 Å². The topological polar surface area (TPSA) is 73.6 Å². The maximum atomic E-state index is 12.6. The SMILES string of the molecule is CCCOc1c(Br)cc(C(=O)NC(CC)(CC)CN)cc1OC.Cl. The van der Waals surface area contributed by atoms with E-state index in [1.807, 2.05) is 20.8 Å². The number of rotatable bonds is 9. The zero-order valence-corrected chi connectivity index (χ0v) is 17.2. The van der Waals surface area contributed by atoms with Gasteiger partial charge in [0.2, 0.25) is 0 Å². The van der Waals surface area contributed by atoms with Gasteiger partial charge in [-0.1, -0.05) is 20.8 Å². The molecule has 0 aliphatic rings. The maximum Gasteiger partial charge on any atom is 0.251 e. The lowest BCUT2D eigenvalue weighted by Crippen LogP contribution is -2.52. The zero-order chi connectivity index (χ0) is 17.5. The molecule has 0 radical (unpaired) electrons. The molecule has 0 spiro atoms. The van der Waals surface area contributed by atoms with Crippen LogP contribution in [0, 0.1) is 0 Å². The van der Waals surface area contributed by atoms with E-state index in [9.17, 15) is 4.79 Å². The van der Waals surface area contributed by atoms with E-state index in [2.05, 4.69) is 21.2 Å². The molecule has 0 unspecified atom stereocenters. The van der Waals surface area contributed by atoms with Gasteiger partial charge >= 0.3 is 0 Å². The summed E-state index contributed by atoms with van der Waals surface area (Å²) in [4.78, 5) is 12.6. The summed E-state index contributed by atoms with van der Waals surface area (Å²) in [5.41, 5.74) is 5.98. The van der Waals surface area contributed by atoms with Crippen molar-refractivity contribution in [3.05, 3.63) is 22.2 Å². The van der Waals surface area contributed by atoms with Gasteiger partial charge in [0.25, 0.3) is 5.91 Å². The van der Waals surface area contributed by atoms with E-state index < -0.39 is 0 Å². The summed E-state index contributed by atoms with van der Waals surface area (Å²) < 4.78 is 11.7. The van der Waals surface area contributed by atoms with Gasteiger partial charge < -0.3 is 20.5 Å². The lowest BCUT2D eigenvalue weighted by Gasteiger charge is -2.31. The van der Waals surface area contributed by atoms with Gasteiger partial charge in [-0.2, -0.15) is 0 Å². The van der Waals surface area contributed by atoms with Gasteiger partial charge in [-0.25, -0.2) is 0 Å². The molecule has 3 N–H and O–H groups in total. The van der Waals surface area contributed by atoms with Gasteiger partial charge in [0.05, 0.1) is 23.7 Å². The van der Waals surface area contributed by atoms with Crippen molar-refractivity contribution >= 4 is 34.2 Å². The fraction of sp³-hybridized carbons (Fsp3) is 0.588. The number of halogens is 2. The van der Waals surface area contributed by atoms with Crippen LogP contribution < -0.4 is 20.5 Å². The molecule has 7 heteroatoms. The number of methoxy groups -OCH3 is 1. The van der Waals surface area contributed by atoms with Crippen molar-refractivity contribution in [1.29, 1.82) is 0 Å². The molecule has 0 aliphatic heterocycles. The van der Waals surface area contributed by atoms with Crippen molar-refractivity contribution in [1.82, 2.24) is 5.32 Å². The number of hydrogen-bond acceptors (Lipinski definition) is 4. The molecule has 0 saturated heterocycles. The van der Waals surface area contributed by atoms with Crippen LogP contribution in [-0.4, -0.2) is 31.7 Å². The number of benzene rings is 1. The van der Waals surface area contributed by atoms with Crippen molar-refractivity contribution in [3.8, 4) is 11.5 Å². The molecular formula is C17H28BrClN2O3. The maximum absolute atomic E-state index is 12.6. The summed E-state index contributed by atoms with van der Waals surface area (Å²) in [5, 5.41) is 3.06. The molecule has 0 fully saturated rings. The molecule has 1 aromatic carbocycles. The van der Waals surface area contributed by atoms with E-state index >= 15 is 0 Å². The van der Waals surface area contributed by atoms with Gasteiger partial charge in [0.15, 0.2) is 11.5 Å². The second-order valence-corrected chi connectivity index (χ2v) is 6.34. The van der Waals surface area contributed by atoms with Crippen LogP contribution in [0.2, 0.25) is 0 Å². The molecule has 1 aromatic rings. The summed E-state index contributed by atoms with van der Waals surface area (Å²) in [6.45, 7) is 7.07. The molecule has 0 bridgehead atoms. The quantitative estimate of drug-likeness (QED) is 0.631. The van der Waals surface area contributed by atoms with Gasteiger partial charge in [0.1, 0.15) is 0 Å². The first-order valence-corrected chi connectivity index (χ1v) is 8.79. The normalized spacial score (nSPS) is 10.8. The highest BCUT2D eigenvalue weighted by molar-refractivity contribution is 9.10. The fourth-order valence-electron chi connectivity index (χ4n) is 2.27. The second-order valence-electron chi connectivity index (χ2n) is 5.48. The summed E-state index contributed by atoms with van der Waals surface area (Å²) >= 11 is 3.46. The number of amides is 1. The standard InChI is InChI=1S/C17H27BrN2O3.ClH/c1-5-8-23-15-13(18)9-12(10-14(15)22-4)16(21)20-17(6-2,7-3)11-19;/h9-10H,5-8,11,19H2,1-4H3,(H,20,21);1H. The van der Waals surface area contributed by atoms with Crippen LogP contribution in [0.1, 0.15) is 50.4 Å². The van der Waals surface area contributed by atoms with Crippen LogP contribution in [0.25, 0.3) is 0 Å². The summed E-state index contributed by atoms with van der Waals surface area (Å²) in [6, 6.07) is 3.44. The Morgan fingerprint density at radius 2 is 1.92 bits per heavy atom. The molecule has 0 saturated carbocycles. The lowest BCUT2D eigenvalue weighted by molar-refractivity contribution is 0.0894. The smallest absolute Gasteiger partial charge is 0.251 e. The van der Waals surface area contributed by atoms with Crippen LogP contribution in [0.5, 0.6) is 11.5 Å². The number of carbonyl (C=O) groups excluding carboxylic acids is 1. The Kier molecular flexibility index (Phi) is 10.4. The Balaban J connectivity index is 0.00000529. The first-order valence-electron chi connectivity index (χ1n) is 7.99. The van der Waals surface area contributed by atoms with Gasteiger partial charge in [-0.05, 0) is 47.3 Å². The molecule has 0 aromatic heterocycles. The monoisotopic (exact) mass is 422 g/mol. The Labute approximate surface area is 159 Å². The molecule has 0 atom stereocenters. The minimum absolute atomic E-state index is 0. The number of nitrogens with two attached hydrogens (primary N) is 1. The number of carbonyl (C=O) groups is 1. The fourth-order valence-corrected chi connectivity index (χ4v) is 2.83. The van der Waals surface area contributed by atoms with Crippen molar-refractivity contribution in [2.75, 3.05) is 20.3 Å². The number of hydrogen-bond donors (Lipinski definition) is 2. The van der Waals surface area contributed by atoms with E-state index in [1.54, 1.807) is 19.2 Å². The van der Waals surface area contributed by atoms with Crippen molar-refractivity contribution in [3.63, 3.8) is 0 Å². The molecule has 1 rings (SSSR count). The minimum Gasteiger partial charge on any atom is -0.493 e. The Morgan fingerprint density at radius 3 is 2.38 bits per heavy atom. The largest absolute Gasteiger partial charge is 0.493 e. The lowest BCUT2D eigenvalue weighted by atomic mass is 9.92. The number of nitrogens with one attached hydrogen (secondary N) is 1. The second kappa shape index (κ2) is 10.8. The average Bonchev–Trinajstić information content (AvgIpc) is 2.57. The third-order valence-electron chi connectivity index (χ3n) is 4.07. The molecule has 138 valence electrons. The minimum atomic E-state index is -0.381. The number of ether oxygens (including phenoxy) is 2. The Bertz CT molecular complexity index is 529. The first kappa shape index (κ1) is 23.0. The van der Waals surface area contributed by atoms with Crippen molar-refractivity contribution < 1.29 is 14.3 Å². The molecule has 0 aliphatic carbocycles. The first-order chi connectivity index (χ1) is 11.0. The van der Waals surface area contributed by atoms with Gasteiger partial charge in [0, 0.05) is 12.1 Å². The molecule has 24 heavy (non-hydrogen) atoms. The summed E-state index contributed by atoms with van der Waals surface area (Å²) in [7, 11) is 1.56. The van der Waals surface area contributed by atoms with Gasteiger partial charge in [-0.15, -0.1) is 12.4 Å². The molecule has 0 heterocycles. The summed E-state index contributed by atoms with van der Waals surface area (Å²) in [5.74, 6) is 0.978. The van der Waals surface area contributed by atoms with Crippen molar-refractivity contribution in [2.45, 2.75) is 45.6 Å². The highest BCUT2D eigenvalue weighted by Gasteiger charge is 2.27. The third-order valence-corrected chi connectivity index (χ3v) is 4.65.